The Bertz CT molecular complexity index is 266. The summed E-state index contributed by atoms with van der Waals surface area (Å²) in [4.78, 5) is 14.2. The van der Waals surface area contributed by atoms with Gasteiger partial charge in [0.05, 0.1) is 12.5 Å². The molecule has 17 heavy (non-hydrogen) atoms. The third kappa shape index (κ3) is 3.98. The predicted octanol–water partition coefficient (Wildman–Crippen LogP) is 2.31. The zero-order valence-electron chi connectivity index (χ0n) is 11.4. The summed E-state index contributed by atoms with van der Waals surface area (Å²) in [6, 6.07) is 0. The van der Waals surface area contributed by atoms with Crippen LogP contribution in [-0.4, -0.2) is 37.6 Å². The fraction of sp³-hybridized carbons (Fsp3) is 0.929. The molecule has 2 aliphatic rings. The predicted molar refractivity (Wildman–Crippen MR) is 67.7 cm³/mol. The average molecular weight is 239 g/mol. The first-order valence-corrected chi connectivity index (χ1v) is 6.82. The highest BCUT2D eigenvalue weighted by atomic mass is 16.5. The first-order chi connectivity index (χ1) is 8.01. The Balaban J connectivity index is 1.87. The number of hydrogen-bond acceptors (Lipinski definition) is 3. The maximum Gasteiger partial charge on any atom is 0.312 e. The van der Waals surface area contributed by atoms with Gasteiger partial charge in [0.25, 0.3) is 0 Å². The van der Waals surface area contributed by atoms with E-state index >= 15 is 0 Å². The minimum atomic E-state index is -0.376. The van der Waals surface area contributed by atoms with Crippen LogP contribution in [0.25, 0.3) is 0 Å². The van der Waals surface area contributed by atoms with E-state index in [4.69, 9.17) is 4.74 Å². The molecule has 0 unspecified atom stereocenters. The Hall–Kier alpha value is -0.570. The van der Waals surface area contributed by atoms with E-state index in [9.17, 15) is 4.79 Å². The quantitative estimate of drug-likeness (QED) is 0.638. The maximum absolute atomic E-state index is 11.7. The first-order valence-electron chi connectivity index (χ1n) is 6.82. The Labute approximate surface area is 105 Å². The Kier molecular flexibility index (Phi) is 3.76. The highest BCUT2D eigenvalue weighted by Gasteiger charge is 2.35. The molecule has 2 fully saturated rings. The molecular formula is C14H25NO2. The van der Waals surface area contributed by atoms with Crippen molar-refractivity contribution < 1.29 is 9.53 Å². The Morgan fingerprint density at radius 1 is 1.18 bits per heavy atom. The second-order valence-corrected chi connectivity index (χ2v) is 6.46. The summed E-state index contributed by atoms with van der Waals surface area (Å²) < 4.78 is 4.89. The zero-order chi connectivity index (χ0) is 12.5. The number of carbonyl (C=O) groups excluding carboxylic acids is 1. The topological polar surface area (TPSA) is 29.5 Å². The third-order valence-corrected chi connectivity index (χ3v) is 3.78. The highest BCUT2D eigenvalue weighted by Crippen LogP contribution is 2.35. The third-order valence-electron chi connectivity index (χ3n) is 3.78. The molecule has 2 rings (SSSR count). The Morgan fingerprint density at radius 2 is 1.65 bits per heavy atom. The van der Waals surface area contributed by atoms with Gasteiger partial charge in [-0.2, -0.15) is 0 Å². The molecule has 2 aliphatic carbocycles. The van der Waals surface area contributed by atoms with E-state index in [1.165, 1.54) is 45.9 Å². The number of hydrogen-bond donors (Lipinski definition) is 0. The fourth-order valence-corrected chi connectivity index (χ4v) is 2.43. The van der Waals surface area contributed by atoms with Crippen molar-refractivity contribution in [3.8, 4) is 0 Å². The lowest BCUT2D eigenvalue weighted by Crippen LogP contribution is -2.41. The smallest absolute Gasteiger partial charge is 0.312 e. The summed E-state index contributed by atoms with van der Waals surface area (Å²) in [7, 11) is 1.48. The van der Waals surface area contributed by atoms with Crippen molar-refractivity contribution in [1.82, 2.24) is 4.90 Å². The van der Waals surface area contributed by atoms with E-state index in [0.29, 0.717) is 0 Å². The van der Waals surface area contributed by atoms with Crippen LogP contribution in [0.15, 0.2) is 0 Å². The number of rotatable bonds is 7. The molecule has 0 spiro atoms. The standard InChI is InChI=1S/C14H25NO2/c1-14(2,13(16)17-3)10-15(8-11-4-5-11)9-12-6-7-12/h11-12H,4-10H2,1-3H3. The molecule has 0 heterocycles. The van der Waals surface area contributed by atoms with Crippen molar-refractivity contribution in [1.29, 1.82) is 0 Å². The van der Waals surface area contributed by atoms with Gasteiger partial charge in [0.1, 0.15) is 0 Å². The normalized spacial score (nSPS) is 20.7. The molecule has 3 nitrogen and oxygen atoms in total. The number of ether oxygens (including phenoxy) is 1. The summed E-state index contributed by atoms with van der Waals surface area (Å²) >= 11 is 0. The lowest BCUT2D eigenvalue weighted by molar-refractivity contribution is -0.151. The van der Waals surface area contributed by atoms with Crippen LogP contribution >= 0.6 is 0 Å². The van der Waals surface area contributed by atoms with Crippen LogP contribution in [-0.2, 0) is 9.53 Å². The number of methoxy groups -OCH3 is 1. The molecule has 0 aliphatic heterocycles. The number of nitrogens with zero attached hydrogens (tertiary/aromatic N) is 1. The lowest BCUT2D eigenvalue weighted by Gasteiger charge is -2.30. The van der Waals surface area contributed by atoms with Gasteiger partial charge in [0.15, 0.2) is 0 Å². The van der Waals surface area contributed by atoms with Crippen molar-refractivity contribution in [2.24, 2.45) is 17.3 Å². The van der Waals surface area contributed by atoms with Crippen molar-refractivity contribution in [3.05, 3.63) is 0 Å². The Morgan fingerprint density at radius 3 is 2.00 bits per heavy atom. The van der Waals surface area contributed by atoms with Crippen LogP contribution in [0.5, 0.6) is 0 Å². The fourth-order valence-electron chi connectivity index (χ4n) is 2.43. The van der Waals surface area contributed by atoms with Gasteiger partial charge < -0.3 is 9.64 Å². The van der Waals surface area contributed by atoms with Gasteiger partial charge in [-0.1, -0.05) is 0 Å². The molecule has 3 heteroatoms. The summed E-state index contributed by atoms with van der Waals surface area (Å²) in [6.07, 6.45) is 5.50. The van der Waals surface area contributed by atoms with Crippen molar-refractivity contribution in [2.75, 3.05) is 26.7 Å². The van der Waals surface area contributed by atoms with Crippen molar-refractivity contribution >= 4 is 5.97 Å². The lowest BCUT2D eigenvalue weighted by atomic mass is 9.92. The molecule has 0 atom stereocenters. The van der Waals surface area contributed by atoms with Gasteiger partial charge >= 0.3 is 5.97 Å². The molecule has 0 aromatic heterocycles. The van der Waals surface area contributed by atoms with Gasteiger partial charge in [0.2, 0.25) is 0 Å². The average Bonchev–Trinajstić information content (AvgIpc) is 3.11. The first kappa shape index (κ1) is 12.9. The van der Waals surface area contributed by atoms with Crippen LogP contribution < -0.4 is 0 Å². The summed E-state index contributed by atoms with van der Waals surface area (Å²) in [5.41, 5.74) is -0.376. The maximum atomic E-state index is 11.7. The van der Waals surface area contributed by atoms with Gasteiger partial charge in [0, 0.05) is 19.6 Å². The van der Waals surface area contributed by atoms with Crippen LogP contribution in [0.2, 0.25) is 0 Å². The molecular weight excluding hydrogens is 214 g/mol. The van der Waals surface area contributed by atoms with E-state index in [1.54, 1.807) is 0 Å². The molecule has 0 aromatic carbocycles. The van der Waals surface area contributed by atoms with Crippen LogP contribution in [0.1, 0.15) is 39.5 Å². The van der Waals surface area contributed by atoms with Gasteiger partial charge in [-0.25, -0.2) is 0 Å². The zero-order valence-corrected chi connectivity index (χ0v) is 11.4. The second-order valence-electron chi connectivity index (χ2n) is 6.46. The molecule has 2 saturated carbocycles. The van der Waals surface area contributed by atoms with Gasteiger partial charge in [-0.3, -0.25) is 4.79 Å². The van der Waals surface area contributed by atoms with E-state index < -0.39 is 0 Å². The van der Waals surface area contributed by atoms with Crippen molar-refractivity contribution in [3.63, 3.8) is 0 Å². The van der Waals surface area contributed by atoms with Gasteiger partial charge in [-0.05, 0) is 51.4 Å². The molecule has 0 N–H and O–H groups in total. The minimum absolute atomic E-state index is 0.0888. The molecule has 0 bridgehead atoms. The second kappa shape index (κ2) is 4.97. The van der Waals surface area contributed by atoms with E-state index in [1.807, 2.05) is 13.8 Å². The molecule has 0 radical (unpaired) electrons. The number of carbonyl (C=O) groups is 1. The number of esters is 1. The molecule has 98 valence electrons. The van der Waals surface area contributed by atoms with Gasteiger partial charge in [-0.15, -0.1) is 0 Å². The van der Waals surface area contributed by atoms with Crippen LogP contribution in [0, 0.1) is 17.3 Å². The molecule has 0 amide bonds. The van der Waals surface area contributed by atoms with E-state index in [0.717, 1.165) is 18.4 Å². The largest absolute Gasteiger partial charge is 0.469 e. The summed E-state index contributed by atoms with van der Waals surface area (Å²) in [6.45, 7) is 7.18. The summed E-state index contributed by atoms with van der Waals surface area (Å²) in [5.74, 6) is 1.69. The van der Waals surface area contributed by atoms with E-state index in [2.05, 4.69) is 4.90 Å². The molecule has 0 aromatic rings. The SMILES string of the molecule is COC(=O)C(C)(C)CN(CC1CC1)CC1CC1. The minimum Gasteiger partial charge on any atom is -0.469 e. The van der Waals surface area contributed by atoms with E-state index in [-0.39, 0.29) is 11.4 Å². The van der Waals surface area contributed by atoms with Crippen molar-refractivity contribution in [2.45, 2.75) is 39.5 Å². The van der Waals surface area contributed by atoms with Crippen LogP contribution in [0.3, 0.4) is 0 Å². The monoisotopic (exact) mass is 239 g/mol. The summed E-state index contributed by atoms with van der Waals surface area (Å²) in [5, 5.41) is 0. The molecule has 0 saturated heterocycles. The highest BCUT2D eigenvalue weighted by molar-refractivity contribution is 5.76. The van der Waals surface area contributed by atoms with Crippen LogP contribution in [0.4, 0.5) is 0 Å².